The summed E-state index contributed by atoms with van der Waals surface area (Å²) < 4.78 is 5.35. The van der Waals surface area contributed by atoms with E-state index in [-0.39, 0.29) is 68.1 Å². The summed E-state index contributed by atoms with van der Waals surface area (Å²) in [5.74, 6) is -9.45. The van der Waals surface area contributed by atoms with E-state index in [2.05, 4.69) is 26.6 Å². The molecule has 552 valence electrons. The first-order valence-corrected chi connectivity index (χ1v) is 35.0. The number of hydrogen-bond acceptors (Lipinski definition) is 14. The average Bonchev–Trinajstić information content (AvgIpc) is 0.812. The van der Waals surface area contributed by atoms with Gasteiger partial charge in [-0.2, -0.15) is 0 Å². The monoisotopic (exact) mass is 1360 g/mol. The molecular weight excluding hydrogens is 1230 g/mol. The molecule has 26 nitrogen and oxygen atoms in total. The molecule has 6 N–H and O–H groups in total. The fraction of sp³-hybridized carbons (Fsp3) is 0.829. The van der Waals surface area contributed by atoms with Gasteiger partial charge in [0.2, 0.25) is 65.0 Å². The number of rotatable bonds is 21. The van der Waals surface area contributed by atoms with Crippen molar-refractivity contribution in [1.82, 2.24) is 60.9 Å². The highest BCUT2D eigenvalue weighted by Crippen LogP contribution is 2.26. The van der Waals surface area contributed by atoms with Crippen molar-refractivity contribution in [1.29, 1.82) is 0 Å². The third kappa shape index (κ3) is 26.7. The number of aliphatic hydroxyl groups excluding tert-OH is 1. The zero-order chi connectivity index (χ0) is 74.3. The van der Waals surface area contributed by atoms with Crippen LogP contribution >= 0.6 is 0 Å². The lowest BCUT2D eigenvalue weighted by Crippen LogP contribution is -2.62. The predicted molar refractivity (Wildman–Crippen MR) is 371 cm³/mol. The molecule has 12 atom stereocenters. The van der Waals surface area contributed by atoms with Gasteiger partial charge in [0, 0.05) is 55.9 Å². The molecule has 0 aromatic rings. The Kier molecular flexibility index (Phi) is 36.7. The summed E-state index contributed by atoms with van der Waals surface area (Å²) in [7, 11) is 9.97. The number of unbranched alkanes of at least 4 members (excludes halogenated alkanes) is 3. The molecule has 0 aliphatic carbocycles. The van der Waals surface area contributed by atoms with Crippen molar-refractivity contribution < 1.29 is 67.4 Å². The molecule has 12 amide bonds. The summed E-state index contributed by atoms with van der Waals surface area (Å²) in [6.45, 7) is 33.2. The van der Waals surface area contributed by atoms with Crippen molar-refractivity contribution in [3.8, 4) is 0 Å². The zero-order valence-electron chi connectivity index (χ0n) is 63.5. The van der Waals surface area contributed by atoms with Gasteiger partial charge in [-0.25, -0.2) is 4.79 Å². The van der Waals surface area contributed by atoms with E-state index in [9.17, 15) is 43.5 Å². The molecule has 0 radical (unpaired) electrons. The maximum absolute atomic E-state index is 15.4. The first-order valence-electron chi connectivity index (χ1n) is 35.0. The fourth-order valence-corrected chi connectivity index (χ4v) is 12.1. The summed E-state index contributed by atoms with van der Waals surface area (Å²) in [6.07, 6.45) is 3.80. The Morgan fingerprint density at radius 3 is 1.29 bits per heavy atom. The summed E-state index contributed by atoms with van der Waals surface area (Å²) in [5.41, 5.74) is -0.634. The van der Waals surface area contributed by atoms with Gasteiger partial charge in [0.05, 0.1) is 6.61 Å². The van der Waals surface area contributed by atoms with E-state index in [0.29, 0.717) is 19.4 Å². The van der Waals surface area contributed by atoms with Gasteiger partial charge in [0.15, 0.2) is 0 Å². The number of ether oxygens (including phenoxy) is 1. The Hall–Kier alpha value is -6.60. The zero-order valence-corrected chi connectivity index (χ0v) is 63.5. The van der Waals surface area contributed by atoms with Crippen LogP contribution in [-0.2, 0) is 57.5 Å². The summed E-state index contributed by atoms with van der Waals surface area (Å²) >= 11 is 0. The lowest BCUT2D eigenvalue weighted by atomic mass is 9.92. The van der Waals surface area contributed by atoms with Crippen molar-refractivity contribution in [3.05, 3.63) is 0 Å². The van der Waals surface area contributed by atoms with Crippen molar-refractivity contribution in [2.24, 2.45) is 41.4 Å². The van der Waals surface area contributed by atoms with E-state index < -0.39 is 162 Å². The molecule has 1 rings (SSSR count). The van der Waals surface area contributed by atoms with E-state index in [1.165, 1.54) is 87.7 Å². The average molecular weight is 1360 g/mol. The number of alkyl carbamates (subject to hydrolysis) is 1. The van der Waals surface area contributed by atoms with Crippen LogP contribution in [-0.4, -0.2) is 245 Å². The minimum atomic E-state index is -1.57. The SMILES string of the molecule is CC[C@@H]1NC(=O)[C@H](C[C@H](C)CCCCCCNC(=O)OC(C)(C)C)N(C)C(=O)[C@H](C(C)C)N(C)C(=O)[C@H](CC(C)C)N(C)C(=O)[C@H](CC(C)C)N(C)C(=O)[C@H](C)NC(=O)[C@@H](C)NC(=O)[C@@H](CC(C)C)N(C)C(=O)[C@@H](C(C)C)NC(=O)[C@H](CC(C)C)N(C)C(=O)[C@@H](CO)N(C)C1=O. The van der Waals surface area contributed by atoms with Gasteiger partial charge >= 0.3 is 6.09 Å². The second kappa shape index (κ2) is 40.3. The van der Waals surface area contributed by atoms with Gasteiger partial charge in [-0.3, -0.25) is 52.7 Å². The van der Waals surface area contributed by atoms with Crippen LogP contribution in [0.3, 0.4) is 0 Å². The normalized spacial score (nSPS) is 25.6. The molecule has 1 saturated heterocycles. The molecule has 0 unspecified atom stereocenters. The van der Waals surface area contributed by atoms with Crippen molar-refractivity contribution in [2.45, 2.75) is 274 Å². The van der Waals surface area contributed by atoms with Crippen LogP contribution in [0.5, 0.6) is 0 Å². The second-order valence-corrected chi connectivity index (χ2v) is 30.3. The van der Waals surface area contributed by atoms with E-state index >= 15 is 19.2 Å². The molecule has 1 aliphatic heterocycles. The van der Waals surface area contributed by atoms with Crippen LogP contribution in [0.2, 0.25) is 0 Å². The summed E-state index contributed by atoms with van der Waals surface area (Å²) in [5, 5.41) is 24.9. The van der Waals surface area contributed by atoms with Gasteiger partial charge < -0.3 is 70.7 Å². The third-order valence-corrected chi connectivity index (χ3v) is 17.9. The van der Waals surface area contributed by atoms with Gasteiger partial charge in [-0.05, 0) is 121 Å². The van der Waals surface area contributed by atoms with Crippen molar-refractivity contribution in [2.75, 3.05) is 62.5 Å². The standard InChI is InChI=1S/C70H128N12O14/c1-27-49-63(89)81(25)55(39-83)66(92)76(20)51(35-41(4)5)61(87)75-56(44(10)11)67(93)77(21)50(34-40(2)3)59(85)72-47(15)58(84)73-48(16)62(88)79(23)53(36-42(6)7)64(90)80(24)54(37-43(8)9)65(91)82(26)57(45(12)13)68(94)78(22)52(60(86)74-49)38-46(14)32-30-28-29-31-33-71-69(95)96-70(17,18)19/h40-57,83H,27-39H2,1-26H3,(H,71,95)(H,72,85)(H,73,84)(H,74,86)(H,75,87)/t46-,47-,48+,49+,50-,51+,52+,53+,54+,55-,56-,57+/m1/s1. The highest BCUT2D eigenvalue weighted by atomic mass is 16.6. The van der Waals surface area contributed by atoms with Crippen LogP contribution in [0.15, 0.2) is 0 Å². The minimum Gasteiger partial charge on any atom is -0.444 e. The summed E-state index contributed by atoms with van der Waals surface area (Å²) in [6, 6.07) is -13.7. The third-order valence-electron chi connectivity index (χ3n) is 17.9. The number of nitrogens with one attached hydrogen (secondary N) is 5. The molecule has 1 aliphatic rings. The molecule has 0 bridgehead atoms. The first-order chi connectivity index (χ1) is 44.3. The summed E-state index contributed by atoms with van der Waals surface area (Å²) in [4.78, 5) is 183. The molecule has 26 heteroatoms. The number of carbonyl (C=O) groups is 12. The number of amides is 12. The van der Waals surface area contributed by atoms with Gasteiger partial charge in [0.1, 0.15) is 72.1 Å². The van der Waals surface area contributed by atoms with Gasteiger partial charge in [0.25, 0.3) is 0 Å². The fourth-order valence-electron chi connectivity index (χ4n) is 12.1. The Morgan fingerprint density at radius 1 is 0.448 bits per heavy atom. The first kappa shape index (κ1) is 87.4. The van der Waals surface area contributed by atoms with Crippen LogP contribution in [0.1, 0.15) is 202 Å². The number of carbonyl (C=O) groups excluding carboxylic acids is 12. The Bertz CT molecular complexity index is 2590. The molecule has 1 heterocycles. The van der Waals surface area contributed by atoms with Crippen LogP contribution < -0.4 is 26.6 Å². The van der Waals surface area contributed by atoms with Crippen molar-refractivity contribution in [3.63, 3.8) is 0 Å². The topological polar surface area (TPSA) is 317 Å². The van der Waals surface area contributed by atoms with E-state index in [0.717, 1.165) is 29.1 Å². The van der Waals surface area contributed by atoms with Crippen LogP contribution in [0, 0.1) is 41.4 Å². The quantitative estimate of drug-likeness (QED) is 0.0809. The maximum Gasteiger partial charge on any atom is 0.407 e. The number of aliphatic hydroxyl groups is 1. The Morgan fingerprint density at radius 2 is 0.833 bits per heavy atom. The Balaban J connectivity index is 4.30. The van der Waals surface area contributed by atoms with Gasteiger partial charge in [-0.15, -0.1) is 0 Å². The predicted octanol–water partition coefficient (Wildman–Crippen LogP) is 5.17. The second-order valence-electron chi connectivity index (χ2n) is 30.3. The number of hydrogen-bond donors (Lipinski definition) is 6. The minimum absolute atomic E-state index is 0.00131. The van der Waals surface area contributed by atoms with Gasteiger partial charge in [-0.1, -0.05) is 123 Å². The smallest absolute Gasteiger partial charge is 0.407 e. The van der Waals surface area contributed by atoms with Crippen molar-refractivity contribution >= 4 is 71.1 Å². The lowest BCUT2D eigenvalue weighted by Gasteiger charge is -2.41. The molecule has 0 aromatic carbocycles. The van der Waals surface area contributed by atoms with E-state index in [1.807, 2.05) is 62.3 Å². The molecule has 96 heavy (non-hydrogen) atoms. The van der Waals surface area contributed by atoms with Crippen LogP contribution in [0.25, 0.3) is 0 Å². The van der Waals surface area contributed by atoms with E-state index in [1.54, 1.807) is 55.4 Å². The molecular formula is C70H128N12O14. The number of likely N-dealkylation sites (N-methyl/N-ethyl adjacent to an activating group) is 7. The number of nitrogens with zero attached hydrogens (tertiary/aromatic N) is 7. The highest BCUT2D eigenvalue weighted by Gasteiger charge is 2.45. The molecule has 0 aromatic heterocycles. The largest absolute Gasteiger partial charge is 0.444 e. The highest BCUT2D eigenvalue weighted by molar-refractivity contribution is 6.00. The van der Waals surface area contributed by atoms with Crippen LogP contribution in [0.4, 0.5) is 4.79 Å². The molecule has 0 saturated carbocycles. The maximum atomic E-state index is 15.4. The molecule has 0 spiro atoms. The van der Waals surface area contributed by atoms with E-state index in [4.69, 9.17) is 4.74 Å². The molecule has 1 fully saturated rings. The lowest BCUT2D eigenvalue weighted by molar-refractivity contribution is -0.156. The Labute approximate surface area is 575 Å².